The minimum Gasteiger partial charge on any atom is -0.392 e. The van der Waals surface area contributed by atoms with Gasteiger partial charge in [-0.05, 0) is 24.6 Å². The van der Waals surface area contributed by atoms with E-state index in [0.29, 0.717) is 6.54 Å². The van der Waals surface area contributed by atoms with Crippen LogP contribution in [0.2, 0.25) is 0 Å². The summed E-state index contributed by atoms with van der Waals surface area (Å²) < 4.78 is 0. The fourth-order valence-electron chi connectivity index (χ4n) is 1.02. The van der Waals surface area contributed by atoms with Crippen LogP contribution >= 0.6 is 11.8 Å². The molecule has 2 unspecified atom stereocenters. The van der Waals surface area contributed by atoms with E-state index in [0.717, 1.165) is 5.56 Å². The first kappa shape index (κ1) is 11.6. The molecule has 1 aromatic rings. The molecule has 3 heteroatoms. The van der Waals surface area contributed by atoms with E-state index in [1.807, 2.05) is 38.1 Å². The van der Waals surface area contributed by atoms with Crippen LogP contribution in [-0.4, -0.2) is 16.5 Å². The van der Waals surface area contributed by atoms with Crippen LogP contribution in [0.4, 0.5) is 0 Å². The van der Waals surface area contributed by atoms with Gasteiger partial charge in [-0.3, -0.25) is 0 Å². The van der Waals surface area contributed by atoms with Gasteiger partial charge in [0.1, 0.15) is 0 Å². The van der Waals surface area contributed by atoms with Gasteiger partial charge < -0.3 is 10.8 Å². The summed E-state index contributed by atoms with van der Waals surface area (Å²) in [7, 11) is 0. The third-order valence-corrected chi connectivity index (χ3v) is 3.47. The summed E-state index contributed by atoms with van der Waals surface area (Å²) in [6.07, 6.45) is -0.283. The van der Waals surface area contributed by atoms with Gasteiger partial charge in [-0.2, -0.15) is 0 Å². The molecule has 3 N–H and O–H groups in total. The van der Waals surface area contributed by atoms with Crippen LogP contribution in [-0.2, 0) is 6.54 Å². The van der Waals surface area contributed by atoms with E-state index in [2.05, 4.69) is 0 Å². The summed E-state index contributed by atoms with van der Waals surface area (Å²) >= 11 is 1.68. The van der Waals surface area contributed by atoms with Crippen molar-refractivity contribution in [2.24, 2.45) is 5.73 Å². The Morgan fingerprint density at radius 2 is 1.86 bits per heavy atom. The predicted octanol–water partition coefficient (Wildman–Crippen LogP) is 2.01. The first-order valence-electron chi connectivity index (χ1n) is 4.77. The normalized spacial score (nSPS) is 15.1. The molecule has 78 valence electrons. The van der Waals surface area contributed by atoms with Gasteiger partial charge in [-0.1, -0.05) is 19.1 Å². The molecule has 0 amide bonds. The van der Waals surface area contributed by atoms with Gasteiger partial charge >= 0.3 is 0 Å². The van der Waals surface area contributed by atoms with E-state index in [9.17, 15) is 5.11 Å². The van der Waals surface area contributed by atoms with E-state index < -0.39 is 0 Å². The zero-order valence-electron chi connectivity index (χ0n) is 8.60. The van der Waals surface area contributed by atoms with Crippen molar-refractivity contribution >= 4 is 11.8 Å². The van der Waals surface area contributed by atoms with Gasteiger partial charge in [0.05, 0.1) is 6.10 Å². The van der Waals surface area contributed by atoms with Crippen molar-refractivity contribution in [3.8, 4) is 0 Å². The summed E-state index contributed by atoms with van der Waals surface area (Å²) in [5.74, 6) is 0. The number of hydrogen-bond donors (Lipinski definition) is 2. The van der Waals surface area contributed by atoms with Crippen molar-refractivity contribution in [1.82, 2.24) is 0 Å². The zero-order chi connectivity index (χ0) is 10.6. The second-order valence-corrected chi connectivity index (χ2v) is 4.86. The molecule has 0 aliphatic carbocycles. The molecule has 0 aliphatic heterocycles. The monoisotopic (exact) mass is 211 g/mol. The van der Waals surface area contributed by atoms with Crippen molar-refractivity contribution in [3.63, 3.8) is 0 Å². The lowest BCUT2D eigenvalue weighted by atomic mass is 10.2. The Labute approximate surface area is 89.5 Å². The second kappa shape index (κ2) is 5.39. The molecule has 1 rings (SSSR count). The SMILES string of the molecule is CC(O)C(C)Sc1ccc(CN)cc1. The molecule has 0 spiro atoms. The van der Waals surface area contributed by atoms with Crippen molar-refractivity contribution < 1.29 is 5.11 Å². The van der Waals surface area contributed by atoms with E-state index in [1.165, 1.54) is 4.90 Å². The smallest absolute Gasteiger partial charge is 0.0631 e. The number of thioether (sulfide) groups is 1. The summed E-state index contributed by atoms with van der Waals surface area (Å²) in [6.45, 7) is 4.41. The highest BCUT2D eigenvalue weighted by Crippen LogP contribution is 2.25. The topological polar surface area (TPSA) is 46.2 Å². The largest absolute Gasteiger partial charge is 0.392 e. The molecule has 0 fully saturated rings. The van der Waals surface area contributed by atoms with E-state index >= 15 is 0 Å². The first-order valence-corrected chi connectivity index (χ1v) is 5.65. The van der Waals surface area contributed by atoms with Crippen LogP contribution in [0.3, 0.4) is 0 Å². The lowest BCUT2D eigenvalue weighted by Crippen LogP contribution is -2.14. The molecular weight excluding hydrogens is 194 g/mol. The molecular formula is C11H17NOS. The van der Waals surface area contributed by atoms with Gasteiger partial charge in [0.2, 0.25) is 0 Å². The third kappa shape index (κ3) is 3.33. The maximum absolute atomic E-state index is 9.34. The van der Waals surface area contributed by atoms with Gasteiger partial charge in [0.15, 0.2) is 0 Å². The minimum absolute atomic E-state index is 0.221. The highest BCUT2D eigenvalue weighted by atomic mass is 32.2. The molecule has 1 aromatic carbocycles. The Balaban J connectivity index is 2.59. The summed E-state index contributed by atoms with van der Waals surface area (Å²) in [5.41, 5.74) is 6.64. The van der Waals surface area contributed by atoms with Gasteiger partial charge in [-0.25, -0.2) is 0 Å². The molecule has 2 nitrogen and oxygen atoms in total. The van der Waals surface area contributed by atoms with Gasteiger partial charge in [0.25, 0.3) is 0 Å². The second-order valence-electron chi connectivity index (χ2n) is 3.41. The number of nitrogens with two attached hydrogens (primary N) is 1. The molecule has 0 bridgehead atoms. The Hall–Kier alpha value is -0.510. The fourth-order valence-corrected chi connectivity index (χ4v) is 1.94. The van der Waals surface area contributed by atoms with Crippen molar-refractivity contribution in [2.75, 3.05) is 0 Å². The van der Waals surface area contributed by atoms with Crippen LogP contribution in [0.1, 0.15) is 19.4 Å². The zero-order valence-corrected chi connectivity index (χ0v) is 9.42. The van der Waals surface area contributed by atoms with Crippen LogP contribution < -0.4 is 5.73 Å². The average molecular weight is 211 g/mol. The maximum Gasteiger partial charge on any atom is 0.0631 e. The minimum atomic E-state index is -0.283. The molecule has 14 heavy (non-hydrogen) atoms. The van der Waals surface area contributed by atoms with Crippen molar-refractivity contribution in [3.05, 3.63) is 29.8 Å². The lowest BCUT2D eigenvalue weighted by molar-refractivity contribution is 0.196. The van der Waals surface area contributed by atoms with E-state index in [4.69, 9.17) is 5.73 Å². The number of rotatable bonds is 4. The maximum atomic E-state index is 9.34. The highest BCUT2D eigenvalue weighted by Gasteiger charge is 2.09. The van der Waals surface area contributed by atoms with Crippen LogP contribution in [0.5, 0.6) is 0 Å². The Bertz CT molecular complexity index is 271. The van der Waals surface area contributed by atoms with Crippen LogP contribution in [0, 0.1) is 0 Å². The Morgan fingerprint density at radius 1 is 1.29 bits per heavy atom. The van der Waals surface area contributed by atoms with E-state index in [-0.39, 0.29) is 11.4 Å². The highest BCUT2D eigenvalue weighted by molar-refractivity contribution is 8.00. The lowest BCUT2D eigenvalue weighted by Gasteiger charge is -2.13. The van der Waals surface area contributed by atoms with Crippen molar-refractivity contribution in [2.45, 2.75) is 36.6 Å². The predicted molar refractivity (Wildman–Crippen MR) is 61.3 cm³/mol. The van der Waals surface area contributed by atoms with Crippen LogP contribution in [0.25, 0.3) is 0 Å². The number of aliphatic hydroxyl groups is 1. The number of benzene rings is 1. The molecule has 0 aromatic heterocycles. The average Bonchev–Trinajstić information content (AvgIpc) is 2.19. The first-order chi connectivity index (χ1) is 6.63. The summed E-state index contributed by atoms with van der Waals surface area (Å²) in [6, 6.07) is 8.14. The third-order valence-electron chi connectivity index (χ3n) is 2.16. The standard InChI is InChI=1S/C11H17NOS/c1-8(13)9(2)14-11-5-3-10(7-12)4-6-11/h3-6,8-9,13H,7,12H2,1-2H3. The molecule has 0 saturated carbocycles. The molecule has 2 atom stereocenters. The molecule has 0 saturated heterocycles. The number of aliphatic hydroxyl groups excluding tert-OH is 1. The van der Waals surface area contributed by atoms with Crippen molar-refractivity contribution in [1.29, 1.82) is 0 Å². The number of hydrogen-bond acceptors (Lipinski definition) is 3. The van der Waals surface area contributed by atoms with E-state index in [1.54, 1.807) is 11.8 Å². The Kier molecular flexibility index (Phi) is 4.45. The van der Waals surface area contributed by atoms with Gasteiger partial charge in [-0.15, -0.1) is 11.8 Å². The molecule has 0 aliphatic rings. The quantitative estimate of drug-likeness (QED) is 0.749. The molecule has 0 heterocycles. The van der Waals surface area contributed by atoms with Gasteiger partial charge in [0, 0.05) is 16.7 Å². The summed E-state index contributed by atoms with van der Waals surface area (Å²) in [4.78, 5) is 1.18. The molecule has 0 radical (unpaired) electrons. The Morgan fingerprint density at radius 3 is 2.29 bits per heavy atom. The summed E-state index contributed by atoms with van der Waals surface area (Å²) in [5, 5.41) is 9.56. The fraction of sp³-hybridized carbons (Fsp3) is 0.455. The van der Waals surface area contributed by atoms with Crippen LogP contribution in [0.15, 0.2) is 29.2 Å².